The smallest absolute Gasteiger partial charge is 0.332 e. The molecule has 2 aromatic heterocycles. The molecule has 0 radical (unpaired) electrons. The zero-order chi connectivity index (χ0) is 20.3. The summed E-state index contributed by atoms with van der Waals surface area (Å²) in [6, 6.07) is 1.60. The van der Waals surface area contributed by atoms with E-state index in [2.05, 4.69) is 20.0 Å². The summed E-state index contributed by atoms with van der Waals surface area (Å²) >= 11 is 0. The van der Waals surface area contributed by atoms with Crippen LogP contribution in [0.4, 0.5) is 27.8 Å². The maximum atomic E-state index is 14.7. The topological polar surface area (TPSA) is 49.6 Å². The fraction of sp³-hybridized carbons (Fsp3) is 0.500. The number of alkyl halides is 4. The molecule has 2 aliphatic heterocycles. The molecule has 1 aromatic carbocycles. The number of hydrogen-bond donors (Lipinski definition) is 0. The van der Waals surface area contributed by atoms with Gasteiger partial charge in [-0.25, -0.2) is 27.7 Å². The van der Waals surface area contributed by atoms with Gasteiger partial charge in [0.25, 0.3) is 0 Å². The van der Waals surface area contributed by atoms with E-state index in [1.807, 2.05) is 4.90 Å². The van der Waals surface area contributed by atoms with Gasteiger partial charge >= 0.3 is 12.3 Å². The first-order chi connectivity index (χ1) is 13.9. The lowest BCUT2D eigenvalue weighted by Gasteiger charge is -2.38. The average Bonchev–Trinajstić information content (AvgIpc) is 3.36. The first-order valence-corrected chi connectivity index (χ1v) is 9.34. The van der Waals surface area contributed by atoms with E-state index in [0.29, 0.717) is 31.0 Å². The predicted octanol–water partition coefficient (Wildman–Crippen LogP) is 3.06. The lowest BCUT2D eigenvalue weighted by Crippen LogP contribution is -2.50. The number of benzene rings is 1. The van der Waals surface area contributed by atoms with Crippen molar-refractivity contribution in [3.63, 3.8) is 0 Å². The molecule has 6 nitrogen and oxygen atoms in total. The van der Waals surface area contributed by atoms with Gasteiger partial charge in [-0.2, -0.15) is 13.9 Å². The van der Waals surface area contributed by atoms with E-state index in [4.69, 9.17) is 0 Å². The first-order valence-electron chi connectivity index (χ1n) is 9.34. The number of halogens is 5. The molecule has 1 unspecified atom stereocenters. The Kier molecular flexibility index (Phi) is 4.12. The second kappa shape index (κ2) is 6.48. The van der Waals surface area contributed by atoms with Gasteiger partial charge in [0, 0.05) is 31.2 Å². The first kappa shape index (κ1) is 18.5. The molecule has 29 heavy (non-hydrogen) atoms. The Balaban J connectivity index is 1.66. The maximum Gasteiger partial charge on any atom is 0.332 e. The molecular weight excluding hydrogens is 395 g/mol. The molecule has 11 heteroatoms. The third kappa shape index (κ3) is 2.82. The van der Waals surface area contributed by atoms with E-state index in [9.17, 15) is 22.0 Å². The molecule has 2 fully saturated rings. The maximum absolute atomic E-state index is 14.7. The number of piperazine rings is 1. The monoisotopic (exact) mass is 412 g/mol. The highest BCUT2D eigenvalue weighted by Crippen LogP contribution is 2.37. The van der Waals surface area contributed by atoms with Gasteiger partial charge in [0.05, 0.1) is 5.52 Å². The number of aromatic nitrogens is 4. The molecule has 154 valence electrons. The minimum atomic E-state index is -4.49. The SMILES string of the molecule is Fc1cc(C(F)(F)C(F)F)cc2c1nc(N1CCN3CCCC3C1)c1ncnn12. The van der Waals surface area contributed by atoms with Gasteiger partial charge in [0.15, 0.2) is 17.3 Å². The number of fused-ring (bicyclic) bond motifs is 4. The van der Waals surface area contributed by atoms with Crippen molar-refractivity contribution >= 4 is 22.5 Å². The van der Waals surface area contributed by atoms with Crippen molar-refractivity contribution in [3.8, 4) is 0 Å². The fourth-order valence-electron chi connectivity index (χ4n) is 4.30. The average molecular weight is 412 g/mol. The molecule has 5 rings (SSSR count). The van der Waals surface area contributed by atoms with Crippen molar-refractivity contribution in [2.45, 2.75) is 31.2 Å². The van der Waals surface area contributed by atoms with Crippen LogP contribution >= 0.6 is 0 Å². The van der Waals surface area contributed by atoms with E-state index in [0.717, 1.165) is 32.0 Å². The Morgan fingerprint density at radius 3 is 2.76 bits per heavy atom. The van der Waals surface area contributed by atoms with E-state index in [-0.39, 0.29) is 16.7 Å². The molecule has 0 N–H and O–H groups in total. The van der Waals surface area contributed by atoms with Gasteiger partial charge in [0.1, 0.15) is 11.8 Å². The van der Waals surface area contributed by atoms with Crippen molar-refractivity contribution in [1.82, 2.24) is 24.5 Å². The molecule has 0 bridgehead atoms. The van der Waals surface area contributed by atoms with Gasteiger partial charge in [-0.15, -0.1) is 0 Å². The Labute approximate surface area is 161 Å². The molecular formula is C18H17F5N6. The van der Waals surface area contributed by atoms with Crippen LogP contribution in [0, 0.1) is 5.82 Å². The van der Waals surface area contributed by atoms with Crippen molar-refractivity contribution in [2.24, 2.45) is 0 Å². The van der Waals surface area contributed by atoms with Gasteiger partial charge in [0.2, 0.25) is 0 Å². The van der Waals surface area contributed by atoms with Crippen LogP contribution in [-0.4, -0.2) is 63.1 Å². The standard InChI is InChI=1S/C18H17F5N6/c19-12-6-10(18(22,23)17(20)21)7-13-14(12)26-16(15-24-9-25-29(13)15)28-5-4-27-3-1-2-11(27)8-28/h6-7,9,11,17H,1-5,8H2. The minimum Gasteiger partial charge on any atom is -0.351 e. The lowest BCUT2D eigenvalue weighted by atomic mass is 10.1. The van der Waals surface area contributed by atoms with Crippen LogP contribution in [-0.2, 0) is 5.92 Å². The third-order valence-corrected chi connectivity index (χ3v) is 5.78. The normalized spacial score (nSPS) is 20.9. The molecule has 3 aromatic rings. The summed E-state index contributed by atoms with van der Waals surface area (Å²) in [6.07, 6.45) is -0.560. The van der Waals surface area contributed by atoms with Crippen molar-refractivity contribution < 1.29 is 22.0 Å². The van der Waals surface area contributed by atoms with Gasteiger partial charge in [-0.1, -0.05) is 0 Å². The number of rotatable bonds is 3. The Morgan fingerprint density at radius 2 is 1.97 bits per heavy atom. The number of anilines is 1. The van der Waals surface area contributed by atoms with Crippen LogP contribution in [0.3, 0.4) is 0 Å². The highest BCUT2D eigenvalue weighted by atomic mass is 19.3. The highest BCUT2D eigenvalue weighted by molar-refractivity contribution is 5.84. The quantitative estimate of drug-likeness (QED) is 0.619. The molecule has 0 saturated carbocycles. The van der Waals surface area contributed by atoms with Crippen LogP contribution in [0.25, 0.3) is 16.7 Å². The largest absolute Gasteiger partial charge is 0.351 e. The van der Waals surface area contributed by atoms with E-state index in [1.165, 1.54) is 10.8 Å². The summed E-state index contributed by atoms with van der Waals surface area (Å²) in [5.74, 6) is -5.18. The number of nitrogens with zero attached hydrogens (tertiary/aromatic N) is 6. The Hall–Kier alpha value is -2.56. The summed E-state index contributed by atoms with van der Waals surface area (Å²) in [6.45, 7) is 3.26. The summed E-state index contributed by atoms with van der Waals surface area (Å²) in [5, 5.41) is 4.01. The van der Waals surface area contributed by atoms with Crippen LogP contribution < -0.4 is 4.90 Å². The van der Waals surface area contributed by atoms with Gasteiger partial charge in [-0.3, -0.25) is 4.90 Å². The molecule has 2 aliphatic rings. The van der Waals surface area contributed by atoms with E-state index in [1.54, 1.807) is 0 Å². The lowest BCUT2D eigenvalue weighted by molar-refractivity contribution is -0.135. The van der Waals surface area contributed by atoms with Crippen molar-refractivity contribution in [2.75, 3.05) is 31.1 Å². The van der Waals surface area contributed by atoms with Gasteiger partial charge < -0.3 is 4.90 Å². The number of hydrogen-bond acceptors (Lipinski definition) is 5. The van der Waals surface area contributed by atoms with Crippen LogP contribution in [0.15, 0.2) is 18.5 Å². The van der Waals surface area contributed by atoms with Crippen molar-refractivity contribution in [3.05, 3.63) is 29.8 Å². The van der Waals surface area contributed by atoms with Crippen LogP contribution in [0.1, 0.15) is 18.4 Å². The zero-order valence-electron chi connectivity index (χ0n) is 15.2. The van der Waals surface area contributed by atoms with E-state index < -0.39 is 23.7 Å². The molecule has 0 aliphatic carbocycles. The summed E-state index contributed by atoms with van der Waals surface area (Å²) in [4.78, 5) is 12.9. The zero-order valence-corrected chi connectivity index (χ0v) is 15.2. The minimum absolute atomic E-state index is 0.129. The third-order valence-electron chi connectivity index (χ3n) is 5.78. The molecule has 1 atom stereocenters. The molecule has 0 amide bonds. The summed E-state index contributed by atoms with van der Waals surface area (Å²) in [7, 11) is 0. The van der Waals surface area contributed by atoms with Crippen LogP contribution in [0.5, 0.6) is 0 Å². The summed E-state index contributed by atoms with van der Waals surface area (Å²) in [5.41, 5.74) is -1.18. The highest BCUT2D eigenvalue weighted by Gasteiger charge is 2.43. The Bertz CT molecular complexity index is 1080. The molecule has 0 spiro atoms. The van der Waals surface area contributed by atoms with Crippen LogP contribution in [0.2, 0.25) is 0 Å². The van der Waals surface area contributed by atoms with Gasteiger partial charge in [-0.05, 0) is 31.5 Å². The molecule has 4 heterocycles. The second-order valence-corrected chi connectivity index (χ2v) is 7.46. The predicted molar refractivity (Wildman–Crippen MR) is 95.0 cm³/mol. The summed E-state index contributed by atoms with van der Waals surface area (Å²) < 4.78 is 69.0. The van der Waals surface area contributed by atoms with E-state index >= 15 is 0 Å². The fourth-order valence-corrected chi connectivity index (χ4v) is 4.30. The van der Waals surface area contributed by atoms with Crippen molar-refractivity contribution in [1.29, 1.82) is 0 Å². The second-order valence-electron chi connectivity index (χ2n) is 7.46. The molecule has 2 saturated heterocycles. The Morgan fingerprint density at radius 1 is 1.14 bits per heavy atom.